The summed E-state index contributed by atoms with van der Waals surface area (Å²) in [5.74, 6) is 0.952. The average molecular weight is 413 g/mol. The van der Waals surface area contributed by atoms with Crippen LogP contribution in [0.15, 0.2) is 42.6 Å². The van der Waals surface area contributed by atoms with E-state index in [0.717, 1.165) is 61.2 Å². The van der Waals surface area contributed by atoms with Crippen molar-refractivity contribution in [2.45, 2.75) is 32.2 Å². The molecule has 1 aromatic heterocycles. The van der Waals surface area contributed by atoms with Crippen molar-refractivity contribution in [2.24, 2.45) is 0 Å². The summed E-state index contributed by atoms with van der Waals surface area (Å²) in [6.45, 7) is 7.30. The summed E-state index contributed by atoms with van der Waals surface area (Å²) in [6.07, 6.45) is 5.40. The SMILES string of the molecule is CC(c1ccccc1Cl)N1CCN(C(=O)c2cccnc2N2CCCCC2)CC1. The lowest BCUT2D eigenvalue weighted by Crippen LogP contribution is -2.49. The Morgan fingerprint density at radius 1 is 0.966 bits per heavy atom. The third-order valence-corrected chi connectivity index (χ3v) is 6.52. The van der Waals surface area contributed by atoms with Crippen LogP contribution in [0.4, 0.5) is 5.82 Å². The Hall–Kier alpha value is -2.11. The van der Waals surface area contributed by atoms with Crippen LogP contribution in [0.3, 0.4) is 0 Å². The minimum Gasteiger partial charge on any atom is -0.356 e. The predicted octanol–water partition coefficient (Wildman–Crippen LogP) is 4.24. The first-order valence-corrected chi connectivity index (χ1v) is 11.0. The summed E-state index contributed by atoms with van der Waals surface area (Å²) in [5, 5.41) is 0.806. The molecule has 1 atom stereocenters. The number of amides is 1. The number of aromatic nitrogens is 1. The van der Waals surface area contributed by atoms with Gasteiger partial charge in [0.05, 0.1) is 5.56 Å². The van der Waals surface area contributed by atoms with Gasteiger partial charge in [-0.2, -0.15) is 0 Å². The van der Waals surface area contributed by atoms with Gasteiger partial charge in [-0.1, -0.05) is 29.8 Å². The number of piperidine rings is 1. The molecule has 0 aliphatic carbocycles. The van der Waals surface area contributed by atoms with Gasteiger partial charge in [0.25, 0.3) is 5.91 Å². The number of hydrogen-bond acceptors (Lipinski definition) is 4. The Balaban J connectivity index is 1.43. The van der Waals surface area contributed by atoms with E-state index in [4.69, 9.17) is 11.6 Å². The van der Waals surface area contributed by atoms with E-state index in [9.17, 15) is 4.79 Å². The number of nitrogens with zero attached hydrogens (tertiary/aromatic N) is 4. The van der Waals surface area contributed by atoms with Gasteiger partial charge in [-0.25, -0.2) is 4.98 Å². The Morgan fingerprint density at radius 3 is 2.41 bits per heavy atom. The summed E-state index contributed by atoms with van der Waals surface area (Å²) in [6, 6.07) is 12.1. The zero-order valence-corrected chi connectivity index (χ0v) is 17.8. The minimum atomic E-state index is 0.101. The van der Waals surface area contributed by atoms with Crippen LogP contribution in [0.2, 0.25) is 5.02 Å². The third kappa shape index (κ3) is 4.41. The van der Waals surface area contributed by atoms with Crippen molar-refractivity contribution >= 4 is 23.3 Å². The first kappa shape index (κ1) is 20.2. The maximum Gasteiger partial charge on any atom is 0.257 e. The van der Waals surface area contributed by atoms with Gasteiger partial charge in [0.2, 0.25) is 0 Å². The van der Waals surface area contributed by atoms with Crippen LogP contribution < -0.4 is 4.90 Å². The standard InChI is InChI=1S/C23H29ClN4O/c1-18(19-8-3-4-10-21(19)24)26-14-16-28(17-15-26)23(29)20-9-7-11-25-22(20)27-12-5-2-6-13-27/h3-4,7-11,18H,2,5-6,12-17H2,1H3. The van der Waals surface area contributed by atoms with Gasteiger partial charge in [0, 0.05) is 56.5 Å². The average Bonchev–Trinajstić information content (AvgIpc) is 2.79. The third-order valence-electron chi connectivity index (χ3n) is 6.18. The highest BCUT2D eigenvalue weighted by molar-refractivity contribution is 6.31. The lowest BCUT2D eigenvalue weighted by atomic mass is 10.1. The van der Waals surface area contributed by atoms with Crippen LogP contribution in [-0.4, -0.2) is 60.0 Å². The number of rotatable bonds is 4. The van der Waals surface area contributed by atoms with Gasteiger partial charge in [-0.05, 0) is 49.9 Å². The van der Waals surface area contributed by atoms with Crippen molar-refractivity contribution in [3.8, 4) is 0 Å². The Labute approximate surface area is 178 Å². The molecule has 5 nitrogen and oxygen atoms in total. The van der Waals surface area contributed by atoms with Crippen molar-refractivity contribution in [3.05, 3.63) is 58.7 Å². The lowest BCUT2D eigenvalue weighted by molar-refractivity contribution is 0.0582. The van der Waals surface area contributed by atoms with Crippen LogP contribution in [-0.2, 0) is 0 Å². The fraction of sp³-hybridized carbons (Fsp3) is 0.478. The molecule has 3 heterocycles. The van der Waals surface area contributed by atoms with Crippen LogP contribution in [0.1, 0.15) is 48.1 Å². The molecule has 1 aromatic carbocycles. The molecule has 0 saturated carbocycles. The molecule has 2 aliphatic heterocycles. The van der Waals surface area contributed by atoms with Crippen molar-refractivity contribution in [2.75, 3.05) is 44.2 Å². The molecular weight excluding hydrogens is 384 g/mol. The molecule has 0 bridgehead atoms. The Bertz CT molecular complexity index is 844. The van der Waals surface area contributed by atoms with Crippen molar-refractivity contribution in [1.82, 2.24) is 14.8 Å². The quantitative estimate of drug-likeness (QED) is 0.752. The number of pyridine rings is 1. The smallest absolute Gasteiger partial charge is 0.257 e. The van der Waals surface area contributed by atoms with Gasteiger partial charge < -0.3 is 9.80 Å². The molecule has 2 fully saturated rings. The maximum absolute atomic E-state index is 13.3. The van der Waals surface area contributed by atoms with Crippen LogP contribution in [0.25, 0.3) is 0 Å². The monoisotopic (exact) mass is 412 g/mol. The molecule has 1 amide bonds. The highest BCUT2D eigenvalue weighted by atomic mass is 35.5. The summed E-state index contributed by atoms with van der Waals surface area (Å²) >= 11 is 6.39. The number of carbonyl (C=O) groups is 1. The van der Waals surface area contributed by atoms with Crippen LogP contribution >= 0.6 is 11.6 Å². The largest absolute Gasteiger partial charge is 0.356 e. The molecule has 1 unspecified atom stereocenters. The molecule has 2 saturated heterocycles. The highest BCUT2D eigenvalue weighted by Crippen LogP contribution is 2.28. The molecule has 0 N–H and O–H groups in total. The second-order valence-corrected chi connectivity index (χ2v) is 8.36. The fourth-order valence-corrected chi connectivity index (χ4v) is 4.71. The van der Waals surface area contributed by atoms with E-state index in [-0.39, 0.29) is 11.9 Å². The number of halogens is 1. The van der Waals surface area contributed by atoms with E-state index < -0.39 is 0 Å². The van der Waals surface area contributed by atoms with Crippen LogP contribution in [0.5, 0.6) is 0 Å². The number of carbonyl (C=O) groups excluding carboxylic acids is 1. The highest BCUT2D eigenvalue weighted by Gasteiger charge is 2.28. The van der Waals surface area contributed by atoms with E-state index in [1.165, 1.54) is 19.3 Å². The van der Waals surface area contributed by atoms with Gasteiger partial charge >= 0.3 is 0 Å². The zero-order chi connectivity index (χ0) is 20.2. The number of anilines is 1. The lowest BCUT2D eigenvalue weighted by Gasteiger charge is -2.39. The van der Waals surface area contributed by atoms with E-state index in [1.807, 2.05) is 35.2 Å². The summed E-state index contributed by atoms with van der Waals surface area (Å²) in [4.78, 5) is 24.5. The molecule has 29 heavy (non-hydrogen) atoms. The number of hydrogen-bond donors (Lipinski definition) is 0. The van der Waals surface area contributed by atoms with Gasteiger partial charge in [0.15, 0.2) is 0 Å². The van der Waals surface area contributed by atoms with Gasteiger partial charge in [-0.3, -0.25) is 9.69 Å². The van der Waals surface area contributed by atoms with E-state index >= 15 is 0 Å². The van der Waals surface area contributed by atoms with E-state index in [2.05, 4.69) is 27.8 Å². The van der Waals surface area contributed by atoms with E-state index in [0.29, 0.717) is 0 Å². The van der Waals surface area contributed by atoms with Crippen molar-refractivity contribution in [3.63, 3.8) is 0 Å². The van der Waals surface area contributed by atoms with E-state index in [1.54, 1.807) is 6.20 Å². The number of piperazine rings is 1. The molecule has 2 aromatic rings. The molecule has 0 radical (unpaired) electrons. The summed E-state index contributed by atoms with van der Waals surface area (Å²) < 4.78 is 0. The topological polar surface area (TPSA) is 39.7 Å². The Kier molecular flexibility index (Phi) is 6.36. The van der Waals surface area contributed by atoms with Crippen molar-refractivity contribution < 1.29 is 4.79 Å². The molecule has 2 aliphatic rings. The first-order valence-electron chi connectivity index (χ1n) is 10.6. The van der Waals surface area contributed by atoms with Gasteiger partial charge in [0.1, 0.15) is 5.82 Å². The minimum absolute atomic E-state index is 0.101. The maximum atomic E-state index is 13.3. The molecule has 4 rings (SSSR count). The van der Waals surface area contributed by atoms with Crippen molar-refractivity contribution in [1.29, 1.82) is 0 Å². The Morgan fingerprint density at radius 2 is 1.69 bits per heavy atom. The molecular formula is C23H29ClN4O. The normalized spacial score (nSPS) is 19.2. The predicted molar refractivity (Wildman–Crippen MR) is 118 cm³/mol. The second kappa shape index (κ2) is 9.14. The molecule has 0 spiro atoms. The van der Waals surface area contributed by atoms with Gasteiger partial charge in [-0.15, -0.1) is 0 Å². The second-order valence-electron chi connectivity index (χ2n) is 7.95. The van der Waals surface area contributed by atoms with Crippen LogP contribution in [0, 0.1) is 0 Å². The molecule has 6 heteroatoms. The summed E-state index contributed by atoms with van der Waals surface area (Å²) in [5.41, 5.74) is 1.88. The molecule has 154 valence electrons. The zero-order valence-electron chi connectivity index (χ0n) is 17.1. The first-order chi connectivity index (χ1) is 14.1. The fourth-order valence-electron chi connectivity index (χ4n) is 4.41. The number of benzene rings is 1. The summed E-state index contributed by atoms with van der Waals surface area (Å²) in [7, 11) is 0.